The van der Waals surface area contributed by atoms with Crippen LogP contribution in [-0.4, -0.2) is 35.6 Å². The molecule has 1 heterocycles. The second-order valence-electron chi connectivity index (χ2n) is 5.76. The third kappa shape index (κ3) is 3.98. The molecule has 0 radical (unpaired) electrons. The topological polar surface area (TPSA) is 40.5 Å². The van der Waals surface area contributed by atoms with E-state index in [0.717, 1.165) is 6.54 Å². The molecule has 1 unspecified atom stereocenters. The quantitative estimate of drug-likeness (QED) is 0.802. The molecule has 2 fully saturated rings. The van der Waals surface area contributed by atoms with Gasteiger partial charge in [0.05, 0.1) is 0 Å². The van der Waals surface area contributed by atoms with Gasteiger partial charge in [0.1, 0.15) is 0 Å². The monoisotopic (exact) mass is 239 g/mol. The molecule has 17 heavy (non-hydrogen) atoms. The molecule has 3 heteroatoms. The summed E-state index contributed by atoms with van der Waals surface area (Å²) in [5.74, 6) is 0.458. The van der Waals surface area contributed by atoms with E-state index in [9.17, 15) is 4.79 Å². The number of rotatable bonds is 5. The number of carboxylic acid groups (broad SMARTS) is 1. The van der Waals surface area contributed by atoms with Gasteiger partial charge in [0.25, 0.3) is 0 Å². The van der Waals surface area contributed by atoms with E-state index in [-0.39, 0.29) is 0 Å². The number of aliphatic carboxylic acids is 1. The van der Waals surface area contributed by atoms with Crippen molar-refractivity contribution in [2.24, 2.45) is 11.8 Å². The zero-order valence-corrected chi connectivity index (χ0v) is 10.7. The lowest BCUT2D eigenvalue weighted by Gasteiger charge is -2.32. The Hall–Kier alpha value is -0.570. The summed E-state index contributed by atoms with van der Waals surface area (Å²) in [6.07, 6.45) is 9.44. The molecule has 1 aliphatic heterocycles. The molecule has 0 aromatic heterocycles. The van der Waals surface area contributed by atoms with Crippen molar-refractivity contribution in [2.45, 2.75) is 51.4 Å². The molecule has 0 aromatic rings. The third-order valence-electron chi connectivity index (χ3n) is 4.44. The van der Waals surface area contributed by atoms with Crippen LogP contribution in [0.25, 0.3) is 0 Å². The van der Waals surface area contributed by atoms with Gasteiger partial charge in [-0.05, 0) is 37.8 Å². The van der Waals surface area contributed by atoms with Gasteiger partial charge in [0, 0.05) is 13.0 Å². The van der Waals surface area contributed by atoms with E-state index in [4.69, 9.17) is 5.11 Å². The normalized spacial score (nSPS) is 24.9. The largest absolute Gasteiger partial charge is 0.481 e. The van der Waals surface area contributed by atoms with Gasteiger partial charge in [-0.15, -0.1) is 0 Å². The molecule has 2 aliphatic rings. The maximum absolute atomic E-state index is 11.0. The Balaban J connectivity index is 1.86. The van der Waals surface area contributed by atoms with Crippen LogP contribution in [0.1, 0.15) is 51.4 Å². The van der Waals surface area contributed by atoms with E-state index in [1.54, 1.807) is 0 Å². The number of hydrogen-bond acceptors (Lipinski definition) is 2. The molecular weight excluding hydrogens is 214 g/mol. The van der Waals surface area contributed by atoms with Crippen LogP contribution in [0.3, 0.4) is 0 Å². The number of piperidine rings is 1. The number of hydrogen-bond donors (Lipinski definition) is 1. The molecule has 0 bridgehead atoms. The van der Waals surface area contributed by atoms with Crippen molar-refractivity contribution in [3.8, 4) is 0 Å². The summed E-state index contributed by atoms with van der Waals surface area (Å²) in [6, 6.07) is 0. The second kappa shape index (κ2) is 6.39. The Morgan fingerprint density at radius 3 is 2.35 bits per heavy atom. The van der Waals surface area contributed by atoms with Crippen molar-refractivity contribution in [2.75, 3.05) is 19.6 Å². The first kappa shape index (κ1) is 12.9. The lowest BCUT2D eigenvalue weighted by Crippen LogP contribution is -2.37. The molecule has 1 saturated heterocycles. The lowest BCUT2D eigenvalue weighted by molar-refractivity contribution is -0.138. The van der Waals surface area contributed by atoms with Crippen LogP contribution in [0.4, 0.5) is 0 Å². The minimum atomic E-state index is -0.612. The summed E-state index contributed by atoms with van der Waals surface area (Å²) in [5.41, 5.74) is 0. The summed E-state index contributed by atoms with van der Waals surface area (Å²) in [7, 11) is 0. The van der Waals surface area contributed by atoms with E-state index < -0.39 is 5.97 Å². The number of carbonyl (C=O) groups is 1. The van der Waals surface area contributed by atoms with E-state index in [1.807, 2.05) is 0 Å². The summed E-state index contributed by atoms with van der Waals surface area (Å²) >= 11 is 0. The molecule has 98 valence electrons. The van der Waals surface area contributed by atoms with Gasteiger partial charge in [0.15, 0.2) is 0 Å². The minimum absolute atomic E-state index is 0.376. The second-order valence-corrected chi connectivity index (χ2v) is 5.76. The fourth-order valence-corrected chi connectivity index (χ4v) is 3.51. The first-order chi connectivity index (χ1) is 8.25. The van der Waals surface area contributed by atoms with Crippen LogP contribution in [0.15, 0.2) is 0 Å². The molecular formula is C14H25NO2. The number of likely N-dealkylation sites (tertiary alicyclic amines) is 1. The fraction of sp³-hybridized carbons (Fsp3) is 0.929. The van der Waals surface area contributed by atoms with Crippen molar-refractivity contribution in [3.63, 3.8) is 0 Å². The van der Waals surface area contributed by atoms with Gasteiger partial charge in [-0.2, -0.15) is 0 Å². The van der Waals surface area contributed by atoms with E-state index >= 15 is 0 Å². The van der Waals surface area contributed by atoms with Crippen molar-refractivity contribution < 1.29 is 9.90 Å². The van der Waals surface area contributed by atoms with Gasteiger partial charge in [-0.25, -0.2) is 0 Å². The lowest BCUT2D eigenvalue weighted by atomic mass is 9.87. The van der Waals surface area contributed by atoms with E-state index in [2.05, 4.69) is 4.90 Å². The van der Waals surface area contributed by atoms with Crippen molar-refractivity contribution in [1.29, 1.82) is 0 Å². The average Bonchev–Trinajstić information content (AvgIpc) is 2.82. The predicted octanol–water partition coefficient (Wildman–Crippen LogP) is 2.75. The summed E-state index contributed by atoms with van der Waals surface area (Å²) < 4.78 is 0. The predicted molar refractivity (Wildman–Crippen MR) is 68.0 cm³/mol. The van der Waals surface area contributed by atoms with Gasteiger partial charge in [0.2, 0.25) is 0 Å². The first-order valence-corrected chi connectivity index (χ1v) is 7.20. The number of carboxylic acids is 1. The number of nitrogens with zero attached hydrogens (tertiary/aromatic N) is 1. The van der Waals surface area contributed by atoms with Crippen molar-refractivity contribution in [1.82, 2.24) is 4.90 Å². The highest BCUT2D eigenvalue weighted by atomic mass is 16.4. The molecule has 1 N–H and O–H groups in total. The van der Waals surface area contributed by atoms with Crippen LogP contribution in [0.2, 0.25) is 0 Å². The van der Waals surface area contributed by atoms with Crippen LogP contribution in [0.5, 0.6) is 0 Å². The van der Waals surface area contributed by atoms with Gasteiger partial charge >= 0.3 is 5.97 Å². The molecule has 1 aliphatic carbocycles. The smallest absolute Gasteiger partial charge is 0.303 e. The van der Waals surface area contributed by atoms with Crippen LogP contribution >= 0.6 is 0 Å². The molecule has 0 aromatic carbocycles. The molecule has 1 atom stereocenters. The summed E-state index contributed by atoms with van der Waals surface area (Å²) in [5, 5.41) is 9.06. The Labute approximate surface area is 104 Å². The van der Waals surface area contributed by atoms with Crippen LogP contribution in [-0.2, 0) is 4.79 Å². The SMILES string of the molecule is O=C(O)CC(CN1CCCCC1)C1CCCC1. The van der Waals surface area contributed by atoms with Crippen LogP contribution < -0.4 is 0 Å². The molecule has 2 rings (SSSR count). The van der Waals surface area contributed by atoms with E-state index in [1.165, 1.54) is 58.0 Å². The maximum Gasteiger partial charge on any atom is 0.303 e. The van der Waals surface area contributed by atoms with Crippen LogP contribution in [0, 0.1) is 11.8 Å². The first-order valence-electron chi connectivity index (χ1n) is 7.20. The highest BCUT2D eigenvalue weighted by Gasteiger charge is 2.28. The highest BCUT2D eigenvalue weighted by molar-refractivity contribution is 5.67. The molecule has 1 saturated carbocycles. The molecule has 0 spiro atoms. The van der Waals surface area contributed by atoms with Gasteiger partial charge in [-0.3, -0.25) is 4.79 Å². The zero-order chi connectivity index (χ0) is 12.1. The van der Waals surface area contributed by atoms with Gasteiger partial charge < -0.3 is 10.0 Å². The molecule has 0 amide bonds. The van der Waals surface area contributed by atoms with Gasteiger partial charge in [-0.1, -0.05) is 32.1 Å². The third-order valence-corrected chi connectivity index (χ3v) is 4.44. The Morgan fingerprint density at radius 1 is 1.12 bits per heavy atom. The average molecular weight is 239 g/mol. The Kier molecular flexibility index (Phi) is 4.84. The Morgan fingerprint density at radius 2 is 1.76 bits per heavy atom. The highest BCUT2D eigenvalue weighted by Crippen LogP contribution is 2.34. The van der Waals surface area contributed by atoms with Crippen molar-refractivity contribution in [3.05, 3.63) is 0 Å². The molecule has 3 nitrogen and oxygen atoms in total. The fourth-order valence-electron chi connectivity index (χ4n) is 3.51. The standard InChI is InChI=1S/C14H25NO2/c16-14(17)10-13(12-6-2-3-7-12)11-15-8-4-1-5-9-15/h12-13H,1-11H2,(H,16,17). The summed E-state index contributed by atoms with van der Waals surface area (Å²) in [4.78, 5) is 13.5. The minimum Gasteiger partial charge on any atom is -0.481 e. The van der Waals surface area contributed by atoms with E-state index in [0.29, 0.717) is 18.3 Å². The van der Waals surface area contributed by atoms with Crippen molar-refractivity contribution >= 4 is 5.97 Å². The Bertz CT molecular complexity index is 243. The maximum atomic E-state index is 11.0. The summed E-state index contributed by atoms with van der Waals surface area (Å²) in [6.45, 7) is 3.39. The zero-order valence-electron chi connectivity index (χ0n) is 10.7.